The highest BCUT2D eigenvalue weighted by molar-refractivity contribution is 5.96. The van der Waals surface area contributed by atoms with Gasteiger partial charge < -0.3 is 19.3 Å². The van der Waals surface area contributed by atoms with Gasteiger partial charge in [-0.3, -0.25) is 9.69 Å². The molecule has 1 heterocycles. The summed E-state index contributed by atoms with van der Waals surface area (Å²) in [5.74, 6) is 0.535. The molecule has 3 rings (SSSR count). The Morgan fingerprint density at radius 2 is 1.90 bits per heavy atom. The van der Waals surface area contributed by atoms with Gasteiger partial charge in [-0.15, -0.1) is 0 Å². The molecule has 0 aliphatic carbocycles. The van der Waals surface area contributed by atoms with Crippen LogP contribution in [0, 0.1) is 5.82 Å². The summed E-state index contributed by atoms with van der Waals surface area (Å²) in [7, 11) is 1.52. The number of ether oxygens (including phenoxy) is 3. The topological polar surface area (TPSA) is 68.2 Å². The van der Waals surface area contributed by atoms with Gasteiger partial charge in [-0.25, -0.2) is 4.39 Å². The summed E-state index contributed by atoms with van der Waals surface area (Å²) >= 11 is 0. The van der Waals surface area contributed by atoms with Crippen molar-refractivity contribution in [2.24, 2.45) is 0 Å². The van der Waals surface area contributed by atoms with E-state index in [9.17, 15) is 14.3 Å². The first-order valence-corrected chi connectivity index (χ1v) is 9.65. The van der Waals surface area contributed by atoms with E-state index in [-0.39, 0.29) is 30.9 Å². The predicted octanol–water partition coefficient (Wildman–Crippen LogP) is 3.82. The molecule has 1 amide bonds. The Morgan fingerprint density at radius 1 is 1.17 bits per heavy atom. The van der Waals surface area contributed by atoms with Crippen LogP contribution in [0.4, 0.5) is 10.1 Å². The molecule has 1 unspecified atom stereocenters. The normalized spacial score (nSPS) is 16.6. The highest BCUT2D eigenvalue weighted by Gasteiger charge is 2.24. The van der Waals surface area contributed by atoms with Crippen molar-refractivity contribution in [1.82, 2.24) is 0 Å². The van der Waals surface area contributed by atoms with E-state index in [1.807, 2.05) is 6.08 Å². The lowest BCUT2D eigenvalue weighted by atomic mass is 10.1. The highest BCUT2D eigenvalue weighted by Crippen LogP contribution is 2.33. The number of halogens is 1. The van der Waals surface area contributed by atoms with E-state index >= 15 is 0 Å². The fraction of sp³-hybridized carbons (Fsp3) is 0.348. The van der Waals surface area contributed by atoms with Gasteiger partial charge in [0.05, 0.1) is 37.5 Å². The average Bonchev–Trinajstić information content (AvgIpc) is 2.71. The second-order valence-electron chi connectivity index (χ2n) is 7.72. The number of amides is 1. The summed E-state index contributed by atoms with van der Waals surface area (Å²) in [5, 5.41) is 9.83. The molecular weight excluding hydrogens is 389 g/mol. The van der Waals surface area contributed by atoms with Crippen LogP contribution in [0.25, 0.3) is 0 Å². The Bertz CT molecular complexity index is 905. The molecule has 0 bridgehead atoms. The zero-order chi connectivity index (χ0) is 21.7. The molecule has 7 heteroatoms. The van der Waals surface area contributed by atoms with Crippen molar-refractivity contribution >= 4 is 11.6 Å². The fourth-order valence-electron chi connectivity index (χ4n) is 2.91. The summed E-state index contributed by atoms with van der Waals surface area (Å²) in [6, 6.07) is 11.2. The molecule has 2 aromatic carbocycles. The molecular formula is C23H26FNO5. The molecule has 1 N–H and O–H groups in total. The summed E-state index contributed by atoms with van der Waals surface area (Å²) in [6.45, 7) is 3.71. The van der Waals surface area contributed by atoms with E-state index in [4.69, 9.17) is 14.2 Å². The number of hydrogen-bond acceptors (Lipinski definition) is 5. The Labute approximate surface area is 175 Å². The first-order valence-electron chi connectivity index (χ1n) is 9.65. The standard InChI is InChI=1S/C23H26FNO5/c1-23(2,27)15-30-20-9-8-18(12-21(20)28-3)25-11-10-19(13-22(25)26)29-14-16-4-6-17(24)7-5-16/h4-12,19,27H,13-15H2,1-3H3. The lowest BCUT2D eigenvalue weighted by molar-refractivity contribution is -0.120. The van der Waals surface area contributed by atoms with E-state index in [0.717, 1.165) is 5.56 Å². The van der Waals surface area contributed by atoms with E-state index in [2.05, 4.69) is 0 Å². The highest BCUT2D eigenvalue weighted by atomic mass is 19.1. The molecule has 0 fully saturated rings. The van der Waals surface area contributed by atoms with Crippen LogP contribution < -0.4 is 14.4 Å². The molecule has 6 nitrogen and oxygen atoms in total. The van der Waals surface area contributed by atoms with Crippen LogP contribution in [0.1, 0.15) is 25.8 Å². The van der Waals surface area contributed by atoms with E-state index < -0.39 is 5.60 Å². The Kier molecular flexibility index (Phi) is 6.74. The van der Waals surface area contributed by atoms with Crippen LogP contribution >= 0.6 is 0 Å². The quantitative estimate of drug-likeness (QED) is 0.710. The van der Waals surface area contributed by atoms with Gasteiger partial charge in [0.1, 0.15) is 12.4 Å². The summed E-state index contributed by atoms with van der Waals surface area (Å²) in [5.41, 5.74) is 0.504. The van der Waals surface area contributed by atoms with Crippen molar-refractivity contribution in [3.63, 3.8) is 0 Å². The zero-order valence-electron chi connectivity index (χ0n) is 17.3. The van der Waals surface area contributed by atoms with Gasteiger partial charge in [0.15, 0.2) is 11.5 Å². The van der Waals surface area contributed by atoms with E-state index in [0.29, 0.717) is 23.8 Å². The minimum absolute atomic E-state index is 0.109. The van der Waals surface area contributed by atoms with Crippen LogP contribution in [0.5, 0.6) is 11.5 Å². The first-order chi connectivity index (χ1) is 14.2. The Hall–Kier alpha value is -2.90. The van der Waals surface area contributed by atoms with Gasteiger partial charge in [0, 0.05) is 12.3 Å². The van der Waals surface area contributed by atoms with Crippen molar-refractivity contribution in [2.75, 3.05) is 18.6 Å². The van der Waals surface area contributed by atoms with Gasteiger partial charge in [-0.2, -0.15) is 0 Å². The van der Waals surface area contributed by atoms with Crippen molar-refractivity contribution in [3.05, 3.63) is 66.1 Å². The van der Waals surface area contributed by atoms with Crippen LogP contribution in [0.3, 0.4) is 0 Å². The van der Waals surface area contributed by atoms with Gasteiger partial charge in [0.2, 0.25) is 5.91 Å². The molecule has 0 saturated carbocycles. The third-order valence-corrected chi connectivity index (χ3v) is 4.48. The third-order valence-electron chi connectivity index (χ3n) is 4.48. The average molecular weight is 415 g/mol. The smallest absolute Gasteiger partial charge is 0.233 e. The lowest BCUT2D eigenvalue weighted by Gasteiger charge is -2.27. The van der Waals surface area contributed by atoms with E-state index in [1.54, 1.807) is 50.4 Å². The molecule has 2 aromatic rings. The zero-order valence-corrected chi connectivity index (χ0v) is 17.3. The second-order valence-corrected chi connectivity index (χ2v) is 7.72. The largest absolute Gasteiger partial charge is 0.493 e. The molecule has 1 atom stereocenters. The van der Waals surface area contributed by atoms with Gasteiger partial charge in [-0.1, -0.05) is 12.1 Å². The molecule has 30 heavy (non-hydrogen) atoms. The number of aliphatic hydroxyl groups is 1. The van der Waals surface area contributed by atoms with Crippen LogP contribution in [0.2, 0.25) is 0 Å². The van der Waals surface area contributed by atoms with E-state index in [1.165, 1.54) is 24.1 Å². The number of carbonyl (C=O) groups is 1. The molecule has 0 aromatic heterocycles. The number of benzene rings is 2. The molecule has 0 saturated heterocycles. The predicted molar refractivity (Wildman–Crippen MR) is 111 cm³/mol. The maximum Gasteiger partial charge on any atom is 0.233 e. The number of methoxy groups -OCH3 is 1. The summed E-state index contributed by atoms with van der Waals surface area (Å²) < 4.78 is 29.7. The summed E-state index contributed by atoms with van der Waals surface area (Å²) in [4.78, 5) is 14.2. The molecule has 0 radical (unpaired) electrons. The van der Waals surface area contributed by atoms with Crippen LogP contribution in [-0.2, 0) is 16.1 Å². The maximum absolute atomic E-state index is 13.0. The molecule has 1 aliphatic heterocycles. The minimum Gasteiger partial charge on any atom is -0.493 e. The van der Waals surface area contributed by atoms with Gasteiger partial charge in [-0.05, 0) is 49.8 Å². The number of hydrogen-bond donors (Lipinski definition) is 1. The molecule has 1 aliphatic rings. The van der Waals surface area contributed by atoms with Crippen LogP contribution in [0.15, 0.2) is 54.7 Å². The number of carbonyl (C=O) groups excluding carboxylic acids is 1. The third kappa shape index (κ3) is 5.81. The van der Waals surface area contributed by atoms with Crippen LogP contribution in [-0.4, -0.2) is 36.4 Å². The van der Waals surface area contributed by atoms with Crippen molar-refractivity contribution in [1.29, 1.82) is 0 Å². The maximum atomic E-state index is 13.0. The van der Waals surface area contributed by atoms with Crippen molar-refractivity contribution < 1.29 is 28.5 Å². The monoisotopic (exact) mass is 415 g/mol. The summed E-state index contributed by atoms with van der Waals surface area (Å²) in [6.07, 6.45) is 3.33. The van der Waals surface area contributed by atoms with Gasteiger partial charge >= 0.3 is 0 Å². The molecule has 160 valence electrons. The van der Waals surface area contributed by atoms with Crippen molar-refractivity contribution in [2.45, 2.75) is 38.6 Å². The van der Waals surface area contributed by atoms with Gasteiger partial charge in [0.25, 0.3) is 0 Å². The number of nitrogens with zero attached hydrogens (tertiary/aromatic N) is 1. The Morgan fingerprint density at radius 3 is 2.53 bits per heavy atom. The Balaban J connectivity index is 1.65. The van der Waals surface area contributed by atoms with Crippen molar-refractivity contribution in [3.8, 4) is 11.5 Å². The fourth-order valence-corrected chi connectivity index (χ4v) is 2.91. The second kappa shape index (κ2) is 9.28. The minimum atomic E-state index is -0.974. The molecule has 0 spiro atoms. The number of anilines is 1. The number of rotatable bonds is 8. The lowest BCUT2D eigenvalue weighted by Crippen LogP contribution is -2.33. The SMILES string of the molecule is COc1cc(N2C=CC(OCc3ccc(F)cc3)CC2=O)ccc1OCC(C)(C)O. The first kappa shape index (κ1) is 21.8.